The van der Waals surface area contributed by atoms with Crippen LogP contribution in [-0.2, 0) is 0 Å². The van der Waals surface area contributed by atoms with Gasteiger partial charge in [0, 0.05) is 0 Å². The second-order valence-electron chi connectivity index (χ2n) is 6.48. The smallest absolute Gasteiger partial charge is 0.122 e. The summed E-state index contributed by atoms with van der Waals surface area (Å²) >= 11 is 0. The van der Waals surface area contributed by atoms with Gasteiger partial charge in [0.15, 0.2) is 0 Å². The molecule has 1 saturated carbocycles. The maximum Gasteiger partial charge on any atom is 0.122 e. The highest BCUT2D eigenvalue weighted by Gasteiger charge is 2.36. The van der Waals surface area contributed by atoms with Crippen molar-refractivity contribution in [2.75, 3.05) is 6.61 Å². The molecule has 0 radical (unpaired) electrons. The number of benzene rings is 1. The third kappa shape index (κ3) is 2.79. The molecule has 1 unspecified atom stereocenters. The van der Waals surface area contributed by atoms with E-state index in [0.29, 0.717) is 5.92 Å². The van der Waals surface area contributed by atoms with Crippen LogP contribution in [0.3, 0.4) is 0 Å². The van der Waals surface area contributed by atoms with Gasteiger partial charge in [-0.2, -0.15) is 0 Å². The molecule has 1 aliphatic carbocycles. The molecular formula is C17H24O2. The summed E-state index contributed by atoms with van der Waals surface area (Å²) in [5, 5.41) is 10.8. The van der Waals surface area contributed by atoms with Gasteiger partial charge in [-0.25, -0.2) is 0 Å². The van der Waals surface area contributed by atoms with Crippen molar-refractivity contribution in [1.82, 2.24) is 0 Å². The van der Waals surface area contributed by atoms with Crippen LogP contribution in [0.5, 0.6) is 5.75 Å². The fraction of sp³-hybridized carbons (Fsp3) is 0.647. The predicted octanol–water partition coefficient (Wildman–Crippen LogP) is 3.88. The lowest BCUT2D eigenvalue weighted by molar-refractivity contribution is -0.0228. The van der Waals surface area contributed by atoms with Gasteiger partial charge in [-0.15, -0.1) is 0 Å². The van der Waals surface area contributed by atoms with Crippen molar-refractivity contribution >= 4 is 0 Å². The van der Waals surface area contributed by atoms with Gasteiger partial charge in [-0.05, 0) is 62.0 Å². The number of rotatable bonds is 2. The average Bonchev–Trinajstić information content (AvgIpc) is 2.43. The van der Waals surface area contributed by atoms with E-state index in [1.54, 1.807) is 0 Å². The highest BCUT2D eigenvalue weighted by Crippen LogP contribution is 2.43. The highest BCUT2D eigenvalue weighted by atomic mass is 16.5. The van der Waals surface area contributed by atoms with E-state index in [1.165, 1.54) is 18.4 Å². The molecular weight excluding hydrogens is 236 g/mol. The molecule has 1 aliphatic heterocycles. The molecule has 2 heteroatoms. The minimum atomic E-state index is -0.443. The molecule has 1 aromatic rings. The number of aliphatic hydroxyl groups is 1. The lowest BCUT2D eigenvalue weighted by Gasteiger charge is -2.38. The number of ether oxygens (including phenoxy) is 1. The van der Waals surface area contributed by atoms with Crippen molar-refractivity contribution < 1.29 is 9.84 Å². The number of hydrogen-bond acceptors (Lipinski definition) is 2. The monoisotopic (exact) mass is 260 g/mol. The molecule has 1 atom stereocenters. The van der Waals surface area contributed by atoms with E-state index in [2.05, 4.69) is 25.1 Å². The van der Waals surface area contributed by atoms with Gasteiger partial charge in [0.25, 0.3) is 0 Å². The maximum atomic E-state index is 10.8. The van der Waals surface area contributed by atoms with Crippen molar-refractivity contribution in [3.8, 4) is 5.75 Å². The number of para-hydroxylation sites is 1. The molecule has 3 rings (SSSR count). The van der Waals surface area contributed by atoms with Crippen molar-refractivity contribution in [3.63, 3.8) is 0 Å². The summed E-state index contributed by atoms with van der Waals surface area (Å²) in [6.07, 6.45) is 6.21. The summed E-state index contributed by atoms with van der Waals surface area (Å²) in [4.78, 5) is 0. The molecule has 1 aromatic carbocycles. The molecule has 0 aromatic heterocycles. The van der Waals surface area contributed by atoms with E-state index in [1.807, 2.05) is 6.07 Å². The van der Waals surface area contributed by atoms with Crippen LogP contribution in [0.4, 0.5) is 0 Å². The fourth-order valence-electron chi connectivity index (χ4n) is 3.59. The summed E-state index contributed by atoms with van der Waals surface area (Å²) in [7, 11) is 0. The summed E-state index contributed by atoms with van der Waals surface area (Å²) in [5.41, 5.74) is 0.850. The average molecular weight is 260 g/mol. The van der Waals surface area contributed by atoms with E-state index in [9.17, 15) is 5.11 Å². The standard InChI is InChI=1S/C17H24O2/c1-13-6-9-17(18,10-7-13)12-14-8-11-19-16-5-3-2-4-15(14)16/h2-5,13-14,18H,6-12H2,1H3. The zero-order valence-electron chi connectivity index (χ0n) is 11.8. The Labute approximate surface area is 115 Å². The number of hydrogen-bond donors (Lipinski definition) is 1. The molecule has 1 N–H and O–H groups in total. The first-order valence-electron chi connectivity index (χ1n) is 7.60. The van der Waals surface area contributed by atoms with E-state index >= 15 is 0 Å². The van der Waals surface area contributed by atoms with Crippen molar-refractivity contribution in [2.45, 2.75) is 57.0 Å². The molecule has 19 heavy (non-hydrogen) atoms. The topological polar surface area (TPSA) is 29.5 Å². The quantitative estimate of drug-likeness (QED) is 0.874. The first-order valence-corrected chi connectivity index (χ1v) is 7.60. The second kappa shape index (κ2) is 5.16. The van der Waals surface area contributed by atoms with Crippen LogP contribution in [0, 0.1) is 5.92 Å². The van der Waals surface area contributed by atoms with Gasteiger partial charge in [0.1, 0.15) is 5.75 Å². The maximum absolute atomic E-state index is 10.8. The Morgan fingerprint density at radius 1 is 1.21 bits per heavy atom. The SMILES string of the molecule is CC1CCC(O)(CC2CCOc3ccccc32)CC1. The van der Waals surface area contributed by atoms with Crippen LogP contribution in [0.1, 0.15) is 56.9 Å². The van der Waals surface area contributed by atoms with E-state index in [4.69, 9.17) is 4.74 Å². The molecule has 1 heterocycles. The van der Waals surface area contributed by atoms with Gasteiger partial charge in [0.2, 0.25) is 0 Å². The Bertz CT molecular complexity index is 433. The second-order valence-corrected chi connectivity index (χ2v) is 6.48. The van der Waals surface area contributed by atoms with Crippen LogP contribution in [-0.4, -0.2) is 17.3 Å². The minimum Gasteiger partial charge on any atom is -0.493 e. The van der Waals surface area contributed by atoms with Crippen LogP contribution in [0.15, 0.2) is 24.3 Å². The van der Waals surface area contributed by atoms with Crippen LogP contribution >= 0.6 is 0 Å². The first kappa shape index (κ1) is 13.0. The van der Waals surface area contributed by atoms with Crippen molar-refractivity contribution in [1.29, 1.82) is 0 Å². The normalized spacial score (nSPS) is 34.4. The zero-order valence-corrected chi connectivity index (χ0v) is 11.8. The third-order valence-corrected chi connectivity index (χ3v) is 4.91. The van der Waals surface area contributed by atoms with Gasteiger partial charge in [-0.1, -0.05) is 25.1 Å². The van der Waals surface area contributed by atoms with Crippen LogP contribution < -0.4 is 4.74 Å². The Kier molecular flexibility index (Phi) is 3.53. The lowest BCUT2D eigenvalue weighted by Crippen LogP contribution is -2.36. The van der Waals surface area contributed by atoms with Gasteiger partial charge >= 0.3 is 0 Å². The summed E-state index contributed by atoms with van der Waals surface area (Å²) in [6, 6.07) is 8.31. The van der Waals surface area contributed by atoms with Crippen molar-refractivity contribution in [2.24, 2.45) is 5.92 Å². The molecule has 2 aliphatic rings. The lowest BCUT2D eigenvalue weighted by atomic mass is 9.73. The zero-order chi connectivity index (χ0) is 13.3. The Hall–Kier alpha value is -1.02. The van der Waals surface area contributed by atoms with Crippen LogP contribution in [0.2, 0.25) is 0 Å². The summed E-state index contributed by atoms with van der Waals surface area (Å²) in [6.45, 7) is 3.08. The molecule has 0 amide bonds. The van der Waals surface area contributed by atoms with E-state index in [0.717, 1.165) is 44.0 Å². The molecule has 1 fully saturated rings. The molecule has 0 spiro atoms. The van der Waals surface area contributed by atoms with Crippen molar-refractivity contribution in [3.05, 3.63) is 29.8 Å². The van der Waals surface area contributed by atoms with E-state index in [-0.39, 0.29) is 0 Å². The minimum absolute atomic E-state index is 0.443. The predicted molar refractivity (Wildman–Crippen MR) is 76.5 cm³/mol. The Morgan fingerprint density at radius 3 is 2.74 bits per heavy atom. The Morgan fingerprint density at radius 2 is 1.95 bits per heavy atom. The van der Waals surface area contributed by atoms with E-state index < -0.39 is 5.60 Å². The Balaban J connectivity index is 1.74. The molecule has 104 valence electrons. The fourth-order valence-corrected chi connectivity index (χ4v) is 3.59. The summed E-state index contributed by atoms with van der Waals surface area (Å²) in [5.74, 6) is 2.26. The van der Waals surface area contributed by atoms with Crippen LogP contribution in [0.25, 0.3) is 0 Å². The number of fused-ring (bicyclic) bond motifs is 1. The van der Waals surface area contributed by atoms with Gasteiger partial charge < -0.3 is 9.84 Å². The molecule has 0 bridgehead atoms. The highest BCUT2D eigenvalue weighted by molar-refractivity contribution is 5.38. The first-order chi connectivity index (χ1) is 9.16. The largest absolute Gasteiger partial charge is 0.493 e. The summed E-state index contributed by atoms with van der Waals surface area (Å²) < 4.78 is 5.71. The molecule has 0 saturated heterocycles. The van der Waals surface area contributed by atoms with Gasteiger partial charge in [0.05, 0.1) is 12.2 Å². The third-order valence-electron chi connectivity index (χ3n) is 4.91. The molecule has 2 nitrogen and oxygen atoms in total. The van der Waals surface area contributed by atoms with Gasteiger partial charge in [-0.3, -0.25) is 0 Å².